The van der Waals surface area contributed by atoms with Crippen LogP contribution in [0.5, 0.6) is 5.75 Å². The molecule has 1 heterocycles. The molecule has 0 aliphatic carbocycles. The molecule has 0 saturated heterocycles. The number of para-hydroxylation sites is 1. The summed E-state index contributed by atoms with van der Waals surface area (Å²) in [5, 5.41) is 0. The van der Waals surface area contributed by atoms with Gasteiger partial charge in [-0.1, -0.05) is 18.2 Å². The van der Waals surface area contributed by atoms with Gasteiger partial charge >= 0.3 is 0 Å². The van der Waals surface area contributed by atoms with Crippen LogP contribution in [0.2, 0.25) is 0 Å². The van der Waals surface area contributed by atoms with Crippen LogP contribution in [0.25, 0.3) is 0 Å². The highest BCUT2D eigenvalue weighted by Gasteiger charge is 2.20. The van der Waals surface area contributed by atoms with E-state index in [1.807, 2.05) is 18.2 Å². The third kappa shape index (κ3) is 3.82. The van der Waals surface area contributed by atoms with Crippen LogP contribution in [-0.4, -0.2) is 34.2 Å². The molecule has 6 nitrogen and oxygen atoms in total. The molecule has 22 heavy (non-hydrogen) atoms. The number of rotatable bonds is 7. The maximum atomic E-state index is 12.2. The largest absolute Gasteiger partial charge is 0.496 e. The van der Waals surface area contributed by atoms with Gasteiger partial charge in [0, 0.05) is 31.6 Å². The third-order valence-corrected chi connectivity index (χ3v) is 4.58. The molecular weight excluding hydrogens is 304 g/mol. The second-order valence-electron chi connectivity index (χ2n) is 4.51. The van der Waals surface area contributed by atoms with Gasteiger partial charge in [-0.05, 0) is 18.2 Å². The summed E-state index contributed by atoms with van der Waals surface area (Å²) >= 11 is 0. The summed E-state index contributed by atoms with van der Waals surface area (Å²) in [6.45, 7) is 0.0914. The Kier molecular flexibility index (Phi) is 5.48. The molecule has 2 rings (SSSR count). The highest BCUT2D eigenvalue weighted by atomic mass is 32.2. The van der Waals surface area contributed by atoms with Crippen molar-refractivity contribution in [2.45, 2.75) is 11.0 Å². The summed E-state index contributed by atoms with van der Waals surface area (Å²) in [4.78, 5) is 3.93. The van der Waals surface area contributed by atoms with E-state index in [0.717, 1.165) is 5.56 Å². The first-order valence-corrected chi connectivity index (χ1v) is 8.12. The normalized spacial score (nSPS) is 12.8. The summed E-state index contributed by atoms with van der Waals surface area (Å²) < 4.78 is 37.6. The highest BCUT2D eigenvalue weighted by Crippen LogP contribution is 2.26. The molecule has 1 atom stereocenters. The maximum absolute atomic E-state index is 12.2. The lowest BCUT2D eigenvalue weighted by molar-refractivity contribution is 0.105. The number of sulfonamides is 1. The Bertz CT molecular complexity index is 704. The lowest BCUT2D eigenvalue weighted by Crippen LogP contribution is -2.29. The first-order chi connectivity index (χ1) is 10.6. The highest BCUT2D eigenvalue weighted by molar-refractivity contribution is 7.89. The summed E-state index contributed by atoms with van der Waals surface area (Å²) in [5.41, 5.74) is 0.779. The number of methoxy groups -OCH3 is 2. The Morgan fingerprint density at radius 1 is 1.18 bits per heavy atom. The van der Waals surface area contributed by atoms with Gasteiger partial charge in [0.15, 0.2) is 0 Å². The molecule has 0 saturated carbocycles. The van der Waals surface area contributed by atoms with Crippen molar-refractivity contribution in [3.05, 3.63) is 54.4 Å². The molecule has 0 unspecified atom stereocenters. The van der Waals surface area contributed by atoms with Crippen molar-refractivity contribution in [2.75, 3.05) is 20.8 Å². The van der Waals surface area contributed by atoms with E-state index in [1.165, 1.54) is 25.6 Å². The first kappa shape index (κ1) is 16.4. The maximum Gasteiger partial charge on any atom is 0.242 e. The van der Waals surface area contributed by atoms with E-state index >= 15 is 0 Å². The molecule has 0 fully saturated rings. The Morgan fingerprint density at radius 2 is 1.95 bits per heavy atom. The van der Waals surface area contributed by atoms with E-state index in [2.05, 4.69) is 9.71 Å². The van der Waals surface area contributed by atoms with Crippen molar-refractivity contribution in [2.24, 2.45) is 0 Å². The van der Waals surface area contributed by atoms with Crippen molar-refractivity contribution < 1.29 is 17.9 Å². The summed E-state index contributed by atoms with van der Waals surface area (Å²) in [6, 6.07) is 10.4. The van der Waals surface area contributed by atoms with Crippen molar-refractivity contribution in [3.63, 3.8) is 0 Å². The predicted molar refractivity (Wildman–Crippen MR) is 82.2 cm³/mol. The Morgan fingerprint density at radius 3 is 2.59 bits per heavy atom. The minimum atomic E-state index is -3.63. The summed E-state index contributed by atoms with van der Waals surface area (Å²) in [7, 11) is -0.542. The Labute approximate surface area is 130 Å². The van der Waals surface area contributed by atoms with Gasteiger partial charge in [-0.3, -0.25) is 4.98 Å². The minimum Gasteiger partial charge on any atom is -0.496 e. The minimum absolute atomic E-state index is 0.0914. The van der Waals surface area contributed by atoms with Gasteiger partial charge in [0.1, 0.15) is 10.6 Å². The molecular formula is C15H18N2O4S. The average Bonchev–Trinajstić information content (AvgIpc) is 2.56. The second-order valence-corrected chi connectivity index (χ2v) is 6.27. The fourth-order valence-electron chi connectivity index (χ4n) is 2.03. The standard InChI is InChI=1S/C15H18N2O4S/c1-20-14-8-4-3-7-13(14)15(21-2)11-17-22(18,19)12-6-5-9-16-10-12/h3-10,15,17H,11H2,1-2H3/t15-/m0/s1. The smallest absolute Gasteiger partial charge is 0.242 e. The van der Waals surface area contributed by atoms with E-state index in [1.54, 1.807) is 19.2 Å². The van der Waals surface area contributed by atoms with Gasteiger partial charge in [0.25, 0.3) is 0 Å². The SMILES string of the molecule is COc1ccccc1[C@H](CNS(=O)(=O)c1cccnc1)OC. The third-order valence-electron chi connectivity index (χ3n) is 3.17. The molecule has 118 valence electrons. The van der Waals surface area contributed by atoms with Gasteiger partial charge < -0.3 is 9.47 Å². The predicted octanol–water partition coefficient (Wildman–Crippen LogP) is 1.76. The van der Waals surface area contributed by atoms with Crippen LogP contribution in [0.4, 0.5) is 0 Å². The molecule has 0 bridgehead atoms. The second kappa shape index (κ2) is 7.35. The number of ether oxygens (including phenoxy) is 2. The molecule has 1 N–H and O–H groups in total. The van der Waals surface area contributed by atoms with E-state index in [-0.39, 0.29) is 11.4 Å². The molecule has 0 amide bonds. The van der Waals surface area contributed by atoms with Crippen LogP contribution in [0.1, 0.15) is 11.7 Å². The fourth-order valence-corrected chi connectivity index (χ4v) is 3.02. The topological polar surface area (TPSA) is 77.5 Å². The molecule has 0 spiro atoms. The zero-order valence-electron chi connectivity index (χ0n) is 12.4. The zero-order chi connectivity index (χ0) is 16.0. The molecule has 0 aliphatic heterocycles. The molecule has 0 radical (unpaired) electrons. The Hall–Kier alpha value is -1.96. The number of nitrogens with zero attached hydrogens (tertiary/aromatic N) is 1. The molecule has 2 aromatic rings. The molecule has 7 heteroatoms. The molecule has 0 aliphatic rings. The number of benzene rings is 1. The van der Waals surface area contributed by atoms with Crippen LogP contribution in [0.15, 0.2) is 53.7 Å². The lowest BCUT2D eigenvalue weighted by Gasteiger charge is -2.19. The van der Waals surface area contributed by atoms with E-state index < -0.39 is 16.1 Å². The summed E-state index contributed by atoms with van der Waals surface area (Å²) in [6.07, 6.45) is 2.36. The lowest BCUT2D eigenvalue weighted by atomic mass is 10.1. The van der Waals surface area contributed by atoms with E-state index in [4.69, 9.17) is 9.47 Å². The number of pyridine rings is 1. The quantitative estimate of drug-likeness (QED) is 0.840. The number of hydrogen-bond donors (Lipinski definition) is 1. The van der Waals surface area contributed by atoms with Crippen LogP contribution < -0.4 is 9.46 Å². The number of hydrogen-bond acceptors (Lipinski definition) is 5. The van der Waals surface area contributed by atoms with Crippen LogP contribution >= 0.6 is 0 Å². The fraction of sp³-hybridized carbons (Fsp3) is 0.267. The van der Waals surface area contributed by atoms with Crippen molar-refractivity contribution in [3.8, 4) is 5.75 Å². The first-order valence-electron chi connectivity index (χ1n) is 6.64. The molecule has 1 aromatic carbocycles. The number of aromatic nitrogens is 1. The Balaban J connectivity index is 2.15. The van der Waals surface area contributed by atoms with Gasteiger partial charge in [0.2, 0.25) is 10.0 Å². The van der Waals surface area contributed by atoms with Gasteiger partial charge in [-0.25, -0.2) is 13.1 Å². The molecule has 1 aromatic heterocycles. The van der Waals surface area contributed by atoms with E-state index in [0.29, 0.717) is 5.75 Å². The van der Waals surface area contributed by atoms with Gasteiger partial charge in [-0.2, -0.15) is 0 Å². The van der Waals surface area contributed by atoms with Gasteiger partial charge in [-0.15, -0.1) is 0 Å². The summed E-state index contributed by atoms with van der Waals surface area (Å²) in [5.74, 6) is 0.648. The van der Waals surface area contributed by atoms with Crippen molar-refractivity contribution in [1.82, 2.24) is 9.71 Å². The van der Waals surface area contributed by atoms with Crippen molar-refractivity contribution in [1.29, 1.82) is 0 Å². The average molecular weight is 322 g/mol. The van der Waals surface area contributed by atoms with E-state index in [9.17, 15) is 8.42 Å². The van der Waals surface area contributed by atoms with Crippen LogP contribution in [0.3, 0.4) is 0 Å². The van der Waals surface area contributed by atoms with Crippen LogP contribution in [0, 0.1) is 0 Å². The van der Waals surface area contributed by atoms with Crippen LogP contribution in [-0.2, 0) is 14.8 Å². The van der Waals surface area contributed by atoms with Crippen molar-refractivity contribution >= 4 is 10.0 Å². The monoisotopic (exact) mass is 322 g/mol. The number of nitrogens with one attached hydrogen (secondary N) is 1. The zero-order valence-corrected chi connectivity index (χ0v) is 13.2. The van der Waals surface area contributed by atoms with Gasteiger partial charge in [0.05, 0.1) is 13.2 Å².